The molecule has 2 amide bonds. The zero-order chi connectivity index (χ0) is 13.1. The predicted molar refractivity (Wildman–Crippen MR) is 66.2 cm³/mol. The van der Waals surface area contributed by atoms with Crippen molar-refractivity contribution in [3.8, 4) is 0 Å². The van der Waals surface area contributed by atoms with Gasteiger partial charge in [0.1, 0.15) is 0 Å². The van der Waals surface area contributed by atoms with Gasteiger partial charge < -0.3 is 16.4 Å². The second-order valence-corrected chi connectivity index (χ2v) is 5.79. The van der Waals surface area contributed by atoms with Crippen molar-refractivity contribution in [1.82, 2.24) is 10.6 Å². The number of nitrogens with one attached hydrogen (secondary N) is 2. The second-order valence-electron chi connectivity index (χ2n) is 5.79. The molecule has 1 fully saturated rings. The Morgan fingerprint density at radius 2 is 1.88 bits per heavy atom. The van der Waals surface area contributed by atoms with Gasteiger partial charge in [-0.05, 0) is 33.6 Å². The van der Waals surface area contributed by atoms with Crippen molar-refractivity contribution < 1.29 is 9.59 Å². The molecule has 0 aromatic rings. The molecule has 0 unspecified atom stereocenters. The molecule has 0 spiro atoms. The fourth-order valence-corrected chi connectivity index (χ4v) is 1.63. The zero-order valence-electron chi connectivity index (χ0n) is 10.9. The second kappa shape index (κ2) is 5.04. The first-order valence-electron chi connectivity index (χ1n) is 6.08. The number of hydrogen-bond acceptors (Lipinski definition) is 3. The van der Waals surface area contributed by atoms with E-state index in [-0.39, 0.29) is 22.8 Å². The molecule has 1 aliphatic carbocycles. The largest absolute Gasteiger partial charge is 0.355 e. The standard InChI is InChI=1S/C12H23N3O2/c1-11(2,3)15-9(16)4-7-14-10(17)12(8-13)5-6-12/h4-8,13H2,1-3H3,(H,14,17)(H,15,16). The van der Waals surface area contributed by atoms with Gasteiger partial charge in [-0.2, -0.15) is 0 Å². The van der Waals surface area contributed by atoms with E-state index in [1.54, 1.807) is 0 Å². The molecule has 0 aliphatic heterocycles. The average molecular weight is 241 g/mol. The third-order valence-electron chi connectivity index (χ3n) is 2.88. The molecule has 0 atom stereocenters. The molecule has 0 radical (unpaired) electrons. The van der Waals surface area contributed by atoms with Crippen molar-refractivity contribution in [2.24, 2.45) is 11.1 Å². The third kappa shape index (κ3) is 4.34. The summed E-state index contributed by atoms with van der Waals surface area (Å²) in [5, 5.41) is 5.62. The van der Waals surface area contributed by atoms with Crippen molar-refractivity contribution >= 4 is 11.8 Å². The Balaban J connectivity index is 2.20. The van der Waals surface area contributed by atoms with Crippen LogP contribution in [0.1, 0.15) is 40.0 Å². The normalized spacial score (nSPS) is 17.4. The first kappa shape index (κ1) is 14.0. The summed E-state index contributed by atoms with van der Waals surface area (Å²) in [5.41, 5.74) is 4.99. The van der Waals surface area contributed by atoms with Crippen LogP contribution in [0.2, 0.25) is 0 Å². The molecule has 5 heteroatoms. The Morgan fingerprint density at radius 1 is 1.29 bits per heavy atom. The van der Waals surface area contributed by atoms with Crippen molar-refractivity contribution in [3.63, 3.8) is 0 Å². The number of carbonyl (C=O) groups is 2. The van der Waals surface area contributed by atoms with E-state index >= 15 is 0 Å². The molecule has 1 saturated carbocycles. The quantitative estimate of drug-likeness (QED) is 0.640. The Labute approximate surface area is 103 Å². The number of hydrogen-bond donors (Lipinski definition) is 3. The fraction of sp³-hybridized carbons (Fsp3) is 0.833. The average Bonchev–Trinajstić information content (AvgIpc) is 2.95. The van der Waals surface area contributed by atoms with Crippen LogP contribution in [-0.4, -0.2) is 30.4 Å². The van der Waals surface area contributed by atoms with Gasteiger partial charge in [0.15, 0.2) is 0 Å². The van der Waals surface area contributed by atoms with Crippen LogP contribution in [-0.2, 0) is 9.59 Å². The van der Waals surface area contributed by atoms with Gasteiger partial charge >= 0.3 is 0 Å². The summed E-state index contributed by atoms with van der Waals surface area (Å²) in [6, 6.07) is 0. The van der Waals surface area contributed by atoms with Gasteiger partial charge in [-0.3, -0.25) is 9.59 Å². The van der Waals surface area contributed by atoms with Crippen LogP contribution in [0.25, 0.3) is 0 Å². The van der Waals surface area contributed by atoms with Gasteiger partial charge in [-0.25, -0.2) is 0 Å². The zero-order valence-corrected chi connectivity index (χ0v) is 10.9. The maximum atomic E-state index is 11.7. The summed E-state index contributed by atoms with van der Waals surface area (Å²) in [6.45, 7) is 6.56. The molecule has 0 saturated heterocycles. The van der Waals surface area contributed by atoms with E-state index < -0.39 is 0 Å². The predicted octanol–water partition coefficient (Wildman–Crippen LogP) is 0.146. The maximum absolute atomic E-state index is 11.7. The summed E-state index contributed by atoms with van der Waals surface area (Å²) in [7, 11) is 0. The van der Waals surface area contributed by atoms with Gasteiger partial charge in [0.2, 0.25) is 11.8 Å². The fourth-order valence-electron chi connectivity index (χ4n) is 1.63. The first-order chi connectivity index (χ1) is 7.79. The van der Waals surface area contributed by atoms with E-state index in [0.29, 0.717) is 19.5 Å². The summed E-state index contributed by atoms with van der Waals surface area (Å²) >= 11 is 0. The molecule has 17 heavy (non-hydrogen) atoms. The molecule has 1 aliphatic rings. The minimum atomic E-state index is -0.333. The molecule has 98 valence electrons. The van der Waals surface area contributed by atoms with Gasteiger partial charge in [-0.15, -0.1) is 0 Å². The minimum absolute atomic E-state index is 0.0106. The van der Waals surface area contributed by atoms with Crippen molar-refractivity contribution in [2.75, 3.05) is 13.1 Å². The van der Waals surface area contributed by atoms with E-state index in [4.69, 9.17) is 5.73 Å². The Hall–Kier alpha value is -1.10. The Morgan fingerprint density at radius 3 is 2.29 bits per heavy atom. The monoisotopic (exact) mass is 241 g/mol. The van der Waals surface area contributed by atoms with E-state index in [2.05, 4.69) is 10.6 Å². The molecule has 5 nitrogen and oxygen atoms in total. The number of rotatable bonds is 5. The smallest absolute Gasteiger partial charge is 0.227 e. The highest BCUT2D eigenvalue weighted by molar-refractivity contribution is 5.86. The van der Waals surface area contributed by atoms with Crippen molar-refractivity contribution in [3.05, 3.63) is 0 Å². The molecule has 4 N–H and O–H groups in total. The Kier molecular flexibility index (Phi) is 4.14. The van der Waals surface area contributed by atoms with Crippen LogP contribution in [0.5, 0.6) is 0 Å². The highest BCUT2D eigenvalue weighted by Gasteiger charge is 2.48. The lowest BCUT2D eigenvalue weighted by molar-refractivity contribution is -0.126. The lowest BCUT2D eigenvalue weighted by Gasteiger charge is -2.20. The van der Waals surface area contributed by atoms with Gasteiger partial charge in [0.25, 0.3) is 0 Å². The van der Waals surface area contributed by atoms with Crippen molar-refractivity contribution in [2.45, 2.75) is 45.6 Å². The van der Waals surface area contributed by atoms with Gasteiger partial charge in [0.05, 0.1) is 5.41 Å². The third-order valence-corrected chi connectivity index (χ3v) is 2.88. The van der Waals surface area contributed by atoms with Crippen LogP contribution in [0.4, 0.5) is 0 Å². The van der Waals surface area contributed by atoms with E-state index in [1.807, 2.05) is 20.8 Å². The minimum Gasteiger partial charge on any atom is -0.355 e. The molecule has 0 heterocycles. The van der Waals surface area contributed by atoms with Gasteiger partial charge in [-0.1, -0.05) is 0 Å². The van der Waals surface area contributed by atoms with Crippen LogP contribution in [0.15, 0.2) is 0 Å². The van der Waals surface area contributed by atoms with Crippen LogP contribution in [0.3, 0.4) is 0 Å². The van der Waals surface area contributed by atoms with Crippen LogP contribution < -0.4 is 16.4 Å². The number of nitrogens with two attached hydrogens (primary N) is 1. The molecule has 1 rings (SSSR count). The highest BCUT2D eigenvalue weighted by Crippen LogP contribution is 2.44. The van der Waals surface area contributed by atoms with E-state index in [0.717, 1.165) is 12.8 Å². The summed E-state index contributed by atoms with van der Waals surface area (Å²) in [6.07, 6.45) is 2.04. The Bertz CT molecular complexity index is 303. The molecular formula is C12H23N3O2. The summed E-state index contributed by atoms with van der Waals surface area (Å²) < 4.78 is 0. The summed E-state index contributed by atoms with van der Waals surface area (Å²) in [4.78, 5) is 23.2. The first-order valence-corrected chi connectivity index (χ1v) is 6.08. The van der Waals surface area contributed by atoms with Gasteiger partial charge in [0, 0.05) is 25.0 Å². The van der Waals surface area contributed by atoms with Crippen molar-refractivity contribution in [1.29, 1.82) is 0 Å². The summed E-state index contributed by atoms with van der Waals surface area (Å²) in [5.74, 6) is -0.0565. The number of amides is 2. The topological polar surface area (TPSA) is 84.2 Å². The highest BCUT2D eigenvalue weighted by atomic mass is 16.2. The molecule has 0 bridgehead atoms. The molecular weight excluding hydrogens is 218 g/mol. The molecule has 0 aromatic carbocycles. The van der Waals surface area contributed by atoms with E-state index in [9.17, 15) is 9.59 Å². The number of carbonyl (C=O) groups excluding carboxylic acids is 2. The maximum Gasteiger partial charge on any atom is 0.227 e. The molecule has 0 aromatic heterocycles. The van der Waals surface area contributed by atoms with Crippen LogP contribution >= 0.6 is 0 Å². The van der Waals surface area contributed by atoms with E-state index in [1.165, 1.54) is 0 Å². The lowest BCUT2D eigenvalue weighted by Crippen LogP contribution is -2.43. The SMILES string of the molecule is CC(C)(C)NC(=O)CCNC(=O)C1(CN)CC1. The van der Waals surface area contributed by atoms with Crippen LogP contribution in [0, 0.1) is 5.41 Å². The lowest BCUT2D eigenvalue weighted by atomic mass is 10.1.